The number of aliphatic hydroxyl groups is 1. The molecule has 1 atom stereocenters. The first-order chi connectivity index (χ1) is 7.79. The van der Waals surface area contributed by atoms with Gasteiger partial charge in [-0.3, -0.25) is 0 Å². The van der Waals surface area contributed by atoms with Crippen LogP contribution in [0.1, 0.15) is 24.0 Å². The summed E-state index contributed by atoms with van der Waals surface area (Å²) in [6, 6.07) is 21.8. The van der Waals surface area contributed by atoms with Crippen molar-refractivity contribution < 1.29 is 26.2 Å². The summed E-state index contributed by atoms with van der Waals surface area (Å²) in [6.45, 7) is 1.80. The number of benzene rings is 2. The van der Waals surface area contributed by atoms with Crippen LogP contribution in [0.5, 0.6) is 0 Å². The summed E-state index contributed by atoms with van der Waals surface area (Å²) in [6.07, 6.45) is -0.447. The number of hydrogen-bond donors (Lipinski definition) is 1. The molecule has 0 heterocycles. The number of rotatable bonds is 3. The number of aliphatic hydroxyl groups excluding tert-OH is 1. The van der Waals surface area contributed by atoms with Gasteiger partial charge in [-0.05, 0) is 12.8 Å². The topological polar surface area (TPSA) is 20.2 Å². The Labute approximate surface area is 117 Å². The molecule has 0 saturated carbocycles. The van der Waals surface area contributed by atoms with Gasteiger partial charge in [0.15, 0.2) is 0 Å². The molecule has 0 saturated heterocycles. The van der Waals surface area contributed by atoms with Gasteiger partial charge in [-0.1, -0.05) is 0 Å². The predicted octanol–water partition coefficient (Wildman–Crippen LogP) is 2.80. The molecule has 0 bridgehead atoms. The van der Waals surface area contributed by atoms with Crippen molar-refractivity contribution in [3.05, 3.63) is 71.8 Å². The van der Waals surface area contributed by atoms with Crippen molar-refractivity contribution in [3.8, 4) is 0 Å². The monoisotopic (exact) mass is 394 g/mol. The van der Waals surface area contributed by atoms with Gasteiger partial charge in [-0.2, -0.15) is 71.8 Å². The summed E-state index contributed by atoms with van der Waals surface area (Å²) in [5, 5.41) is 9.88. The van der Waals surface area contributed by atoms with E-state index in [9.17, 15) is 5.11 Å². The van der Waals surface area contributed by atoms with Gasteiger partial charge < -0.3 is 5.11 Å². The van der Waals surface area contributed by atoms with Gasteiger partial charge >= 0.3 is 21.1 Å². The van der Waals surface area contributed by atoms with E-state index >= 15 is 0 Å². The zero-order valence-corrected chi connectivity index (χ0v) is 12.6. The van der Waals surface area contributed by atoms with Crippen molar-refractivity contribution in [1.29, 1.82) is 0 Å². The number of hydrogen-bond acceptors (Lipinski definition) is 1. The van der Waals surface area contributed by atoms with Gasteiger partial charge in [-0.15, -0.1) is 0 Å². The third-order valence-corrected chi connectivity index (χ3v) is 2.62. The summed E-state index contributed by atoms with van der Waals surface area (Å²) in [4.78, 5) is 0. The fraction of sp³-hybridized carbons (Fsp3) is 0.200. The van der Waals surface area contributed by atoms with Crippen LogP contribution >= 0.6 is 0 Å². The van der Waals surface area contributed by atoms with E-state index in [0.29, 0.717) is 0 Å². The molecule has 0 aliphatic rings. The molecule has 0 spiro atoms. The summed E-state index contributed by atoms with van der Waals surface area (Å²) in [7, 11) is 0. The van der Waals surface area contributed by atoms with Gasteiger partial charge in [0, 0.05) is 0 Å². The van der Waals surface area contributed by atoms with Crippen molar-refractivity contribution in [3.63, 3.8) is 0 Å². The van der Waals surface area contributed by atoms with Gasteiger partial charge in [0.05, 0.1) is 6.10 Å². The first kappa shape index (κ1) is 14.2. The van der Waals surface area contributed by atoms with Crippen molar-refractivity contribution in [1.82, 2.24) is 0 Å². The largest absolute Gasteiger partial charge is 2.00 e. The van der Waals surface area contributed by atoms with Crippen LogP contribution in [0.2, 0.25) is 0 Å². The Balaban J connectivity index is 0.00000144. The van der Waals surface area contributed by atoms with Crippen molar-refractivity contribution in [2.45, 2.75) is 18.9 Å². The Morgan fingerprint density at radius 3 is 1.71 bits per heavy atom. The second-order valence-electron chi connectivity index (χ2n) is 3.85. The molecule has 0 aliphatic heterocycles. The predicted molar refractivity (Wildman–Crippen MR) is 64.1 cm³/mol. The quantitative estimate of drug-likeness (QED) is 0.795. The minimum Gasteiger partial charge on any atom is -0.393 e. The molecule has 1 nitrogen and oxygen atoms in total. The molecule has 2 heteroatoms. The minimum absolute atomic E-state index is 0. The van der Waals surface area contributed by atoms with E-state index in [2.05, 4.69) is 12.1 Å². The smallest absolute Gasteiger partial charge is 0.393 e. The molecular formula is C15H14OW. The van der Waals surface area contributed by atoms with E-state index < -0.39 is 6.10 Å². The maximum Gasteiger partial charge on any atom is 2.00 e. The zero-order chi connectivity index (χ0) is 11.4. The van der Waals surface area contributed by atoms with Crippen molar-refractivity contribution >= 4 is 0 Å². The Hall–Kier alpha value is -0.912. The van der Waals surface area contributed by atoms with Crippen LogP contribution in [0.3, 0.4) is 0 Å². The summed E-state index contributed by atoms with van der Waals surface area (Å²) >= 11 is 0. The van der Waals surface area contributed by atoms with Crippen LogP contribution in [0.15, 0.2) is 48.5 Å². The molecule has 0 radical (unpaired) electrons. The molecule has 17 heavy (non-hydrogen) atoms. The Morgan fingerprint density at radius 2 is 1.41 bits per heavy atom. The van der Waals surface area contributed by atoms with E-state index in [4.69, 9.17) is 0 Å². The molecule has 0 aromatic heterocycles. The van der Waals surface area contributed by atoms with Gasteiger partial charge in [0.1, 0.15) is 0 Å². The van der Waals surface area contributed by atoms with E-state index in [-0.39, 0.29) is 27.0 Å². The molecule has 0 aliphatic carbocycles. The third-order valence-electron chi connectivity index (χ3n) is 2.62. The minimum atomic E-state index is -0.447. The van der Waals surface area contributed by atoms with E-state index in [1.807, 2.05) is 48.5 Å². The zero-order valence-electron chi connectivity index (χ0n) is 9.63. The molecule has 1 N–H and O–H groups in total. The van der Waals surface area contributed by atoms with Crippen molar-refractivity contribution in [2.24, 2.45) is 0 Å². The van der Waals surface area contributed by atoms with Crippen LogP contribution in [0.4, 0.5) is 0 Å². The van der Waals surface area contributed by atoms with E-state index in [0.717, 1.165) is 11.1 Å². The van der Waals surface area contributed by atoms with Crippen LogP contribution in [-0.4, -0.2) is 11.2 Å². The summed E-state index contributed by atoms with van der Waals surface area (Å²) in [5.41, 5.74) is 2.00. The Morgan fingerprint density at radius 1 is 0.941 bits per heavy atom. The van der Waals surface area contributed by atoms with Gasteiger partial charge in [0.2, 0.25) is 0 Å². The first-order valence-electron chi connectivity index (χ1n) is 5.40. The molecule has 0 fully saturated rings. The molecule has 2 rings (SSSR count). The molecule has 0 amide bonds. The molecule has 2 aromatic rings. The maximum absolute atomic E-state index is 9.88. The summed E-state index contributed by atoms with van der Waals surface area (Å²) in [5.74, 6) is -0.0533. The SMILES string of the molecule is CC(O)C(c1[c-]cccc1)c1[c-]cccc1.[W+2]. The molecular weight excluding hydrogens is 380 g/mol. The average Bonchev–Trinajstić information content (AvgIpc) is 2.31. The fourth-order valence-corrected chi connectivity index (χ4v) is 1.89. The van der Waals surface area contributed by atoms with Crippen LogP contribution < -0.4 is 0 Å². The third kappa shape index (κ3) is 3.52. The van der Waals surface area contributed by atoms with Crippen molar-refractivity contribution in [2.75, 3.05) is 0 Å². The first-order valence-corrected chi connectivity index (χ1v) is 5.40. The maximum atomic E-state index is 9.88. The molecule has 86 valence electrons. The second kappa shape index (κ2) is 6.73. The fourth-order valence-electron chi connectivity index (χ4n) is 1.89. The molecule has 2 aromatic carbocycles. The molecule has 1 unspecified atom stereocenters. The normalized spacial score (nSPS) is 11.9. The van der Waals surface area contributed by atoms with E-state index in [1.54, 1.807) is 6.92 Å². The van der Waals surface area contributed by atoms with Crippen LogP contribution in [0.25, 0.3) is 0 Å². The Kier molecular flexibility index (Phi) is 5.61. The second-order valence-corrected chi connectivity index (χ2v) is 3.85. The van der Waals surface area contributed by atoms with Crippen LogP contribution in [0, 0.1) is 12.1 Å². The summed E-state index contributed by atoms with van der Waals surface area (Å²) < 4.78 is 0. The van der Waals surface area contributed by atoms with Gasteiger partial charge in [0.25, 0.3) is 0 Å². The van der Waals surface area contributed by atoms with Gasteiger partial charge in [-0.25, -0.2) is 0 Å². The van der Waals surface area contributed by atoms with E-state index in [1.165, 1.54) is 0 Å². The van der Waals surface area contributed by atoms with Crippen LogP contribution in [-0.2, 0) is 21.1 Å². The Bertz CT molecular complexity index is 386. The average molecular weight is 394 g/mol. The standard InChI is InChI=1S/C15H14O.W/c1-12(16)15(13-8-4-2-5-9-13)14-10-6-3-7-11-14;/h2-8,10,12,15-16H,1H3;/q-2;+2.